The summed E-state index contributed by atoms with van der Waals surface area (Å²) >= 11 is 0. The zero-order valence-corrected chi connectivity index (χ0v) is 9.66. The lowest BCUT2D eigenvalue weighted by atomic mass is 10.1. The standard InChI is InChI=1S/C13H16O3/c1-9(14)12-6-5-11(15-2)7-13(12)16-8-10-3-4-10/h5-7,10H,3-4,8H2,1-2H3. The molecule has 1 aliphatic rings. The van der Waals surface area contributed by atoms with Crippen LogP contribution < -0.4 is 9.47 Å². The van der Waals surface area contributed by atoms with Crippen LogP contribution in [0.2, 0.25) is 0 Å². The molecule has 2 rings (SSSR count). The Labute approximate surface area is 95.4 Å². The molecule has 1 aromatic carbocycles. The fraction of sp³-hybridized carbons (Fsp3) is 0.462. The van der Waals surface area contributed by atoms with Crippen LogP contribution in [-0.4, -0.2) is 19.5 Å². The minimum Gasteiger partial charge on any atom is -0.497 e. The van der Waals surface area contributed by atoms with Crippen LogP contribution in [0, 0.1) is 5.92 Å². The second-order valence-corrected chi connectivity index (χ2v) is 4.17. The maximum absolute atomic E-state index is 11.4. The minimum atomic E-state index is 0.0217. The quantitative estimate of drug-likeness (QED) is 0.716. The normalized spacial score (nSPS) is 14.6. The molecule has 0 spiro atoms. The number of hydrogen-bond donors (Lipinski definition) is 0. The highest BCUT2D eigenvalue weighted by atomic mass is 16.5. The van der Waals surface area contributed by atoms with E-state index >= 15 is 0 Å². The summed E-state index contributed by atoms with van der Waals surface area (Å²) in [6.07, 6.45) is 2.47. The van der Waals surface area contributed by atoms with E-state index in [1.165, 1.54) is 12.8 Å². The summed E-state index contributed by atoms with van der Waals surface area (Å²) in [5.74, 6) is 2.05. The third-order valence-corrected chi connectivity index (χ3v) is 2.74. The largest absolute Gasteiger partial charge is 0.497 e. The number of ether oxygens (including phenoxy) is 2. The summed E-state index contributed by atoms with van der Waals surface area (Å²) in [7, 11) is 1.60. The predicted molar refractivity (Wildman–Crippen MR) is 61.2 cm³/mol. The van der Waals surface area contributed by atoms with Crippen molar-refractivity contribution in [3.05, 3.63) is 23.8 Å². The van der Waals surface area contributed by atoms with Crippen molar-refractivity contribution in [2.75, 3.05) is 13.7 Å². The Hall–Kier alpha value is -1.51. The van der Waals surface area contributed by atoms with Gasteiger partial charge in [-0.3, -0.25) is 4.79 Å². The molecule has 0 saturated heterocycles. The molecular weight excluding hydrogens is 204 g/mol. The Morgan fingerprint density at radius 3 is 2.75 bits per heavy atom. The first-order valence-corrected chi connectivity index (χ1v) is 5.52. The van der Waals surface area contributed by atoms with Crippen molar-refractivity contribution in [3.8, 4) is 11.5 Å². The second kappa shape index (κ2) is 4.56. The monoisotopic (exact) mass is 220 g/mol. The van der Waals surface area contributed by atoms with Gasteiger partial charge in [-0.25, -0.2) is 0 Å². The Morgan fingerprint density at radius 2 is 2.19 bits per heavy atom. The second-order valence-electron chi connectivity index (χ2n) is 4.17. The molecule has 86 valence electrons. The average molecular weight is 220 g/mol. The fourth-order valence-corrected chi connectivity index (χ4v) is 1.53. The molecule has 0 radical (unpaired) electrons. The third-order valence-electron chi connectivity index (χ3n) is 2.74. The molecule has 1 fully saturated rings. The highest BCUT2D eigenvalue weighted by Gasteiger charge is 2.22. The highest BCUT2D eigenvalue weighted by Crippen LogP contribution is 2.31. The maximum atomic E-state index is 11.4. The Kier molecular flexibility index (Phi) is 3.13. The van der Waals surface area contributed by atoms with E-state index < -0.39 is 0 Å². The SMILES string of the molecule is COc1ccc(C(C)=O)c(OCC2CC2)c1. The lowest BCUT2D eigenvalue weighted by molar-refractivity contribution is 0.101. The molecule has 0 heterocycles. The van der Waals surface area contributed by atoms with Crippen LogP contribution >= 0.6 is 0 Å². The molecule has 0 aromatic heterocycles. The molecule has 0 N–H and O–H groups in total. The summed E-state index contributed by atoms with van der Waals surface area (Å²) in [5, 5.41) is 0. The fourth-order valence-electron chi connectivity index (χ4n) is 1.53. The average Bonchev–Trinajstić information content (AvgIpc) is 3.09. The summed E-state index contributed by atoms with van der Waals surface area (Å²) in [4.78, 5) is 11.4. The molecule has 0 atom stereocenters. The van der Waals surface area contributed by atoms with Gasteiger partial charge in [-0.1, -0.05) is 0 Å². The molecule has 3 heteroatoms. The van der Waals surface area contributed by atoms with Gasteiger partial charge in [0.1, 0.15) is 11.5 Å². The molecule has 16 heavy (non-hydrogen) atoms. The van der Waals surface area contributed by atoms with Gasteiger partial charge in [0.25, 0.3) is 0 Å². The molecule has 0 amide bonds. The summed E-state index contributed by atoms with van der Waals surface area (Å²) in [5.41, 5.74) is 0.626. The van der Waals surface area contributed by atoms with E-state index in [-0.39, 0.29) is 5.78 Å². The molecule has 3 nitrogen and oxygen atoms in total. The van der Waals surface area contributed by atoms with E-state index in [4.69, 9.17) is 9.47 Å². The topological polar surface area (TPSA) is 35.5 Å². The van der Waals surface area contributed by atoms with Gasteiger partial charge in [-0.05, 0) is 37.8 Å². The van der Waals surface area contributed by atoms with E-state index in [1.54, 1.807) is 32.2 Å². The van der Waals surface area contributed by atoms with Crippen LogP contribution in [-0.2, 0) is 0 Å². The van der Waals surface area contributed by atoms with Crippen LogP contribution in [0.5, 0.6) is 11.5 Å². The lowest BCUT2D eigenvalue weighted by Gasteiger charge is -2.10. The van der Waals surface area contributed by atoms with Crippen LogP contribution in [0.15, 0.2) is 18.2 Å². The molecule has 1 aliphatic carbocycles. The van der Waals surface area contributed by atoms with Gasteiger partial charge >= 0.3 is 0 Å². The van der Waals surface area contributed by atoms with Gasteiger partial charge < -0.3 is 9.47 Å². The molecule has 0 bridgehead atoms. The number of rotatable bonds is 5. The Balaban J connectivity index is 2.18. The first-order chi connectivity index (χ1) is 7.70. The van der Waals surface area contributed by atoms with Gasteiger partial charge in [-0.15, -0.1) is 0 Å². The predicted octanol–water partition coefficient (Wildman–Crippen LogP) is 2.69. The maximum Gasteiger partial charge on any atom is 0.163 e. The first-order valence-electron chi connectivity index (χ1n) is 5.52. The van der Waals surface area contributed by atoms with Gasteiger partial charge in [0.05, 0.1) is 19.3 Å². The first kappa shape index (κ1) is 11.0. The van der Waals surface area contributed by atoms with Crippen molar-refractivity contribution in [1.29, 1.82) is 0 Å². The zero-order valence-electron chi connectivity index (χ0n) is 9.66. The van der Waals surface area contributed by atoms with Gasteiger partial charge in [-0.2, -0.15) is 0 Å². The van der Waals surface area contributed by atoms with E-state index in [0.717, 1.165) is 5.75 Å². The molecule has 1 saturated carbocycles. The van der Waals surface area contributed by atoms with E-state index in [2.05, 4.69) is 0 Å². The number of hydrogen-bond acceptors (Lipinski definition) is 3. The number of Topliss-reactive ketones (excluding diaryl/α,β-unsaturated/α-hetero) is 1. The Bertz CT molecular complexity index is 394. The van der Waals surface area contributed by atoms with Gasteiger partial charge in [0.15, 0.2) is 5.78 Å². The minimum absolute atomic E-state index is 0.0217. The van der Waals surface area contributed by atoms with Crippen LogP contribution in [0.3, 0.4) is 0 Å². The van der Waals surface area contributed by atoms with Crippen molar-refractivity contribution in [1.82, 2.24) is 0 Å². The van der Waals surface area contributed by atoms with Crippen LogP contribution in [0.4, 0.5) is 0 Å². The van der Waals surface area contributed by atoms with Gasteiger partial charge in [0.2, 0.25) is 0 Å². The number of ketones is 1. The highest BCUT2D eigenvalue weighted by molar-refractivity contribution is 5.97. The summed E-state index contributed by atoms with van der Waals surface area (Å²) in [6, 6.07) is 5.31. The number of carbonyl (C=O) groups excluding carboxylic acids is 1. The van der Waals surface area contributed by atoms with Crippen LogP contribution in [0.1, 0.15) is 30.1 Å². The zero-order chi connectivity index (χ0) is 11.5. The summed E-state index contributed by atoms with van der Waals surface area (Å²) < 4.78 is 10.8. The molecule has 0 aliphatic heterocycles. The van der Waals surface area contributed by atoms with Crippen LogP contribution in [0.25, 0.3) is 0 Å². The van der Waals surface area contributed by atoms with Crippen molar-refractivity contribution < 1.29 is 14.3 Å². The smallest absolute Gasteiger partial charge is 0.163 e. The van der Waals surface area contributed by atoms with E-state index in [0.29, 0.717) is 23.8 Å². The van der Waals surface area contributed by atoms with Crippen molar-refractivity contribution in [2.45, 2.75) is 19.8 Å². The number of methoxy groups -OCH3 is 1. The van der Waals surface area contributed by atoms with E-state index in [9.17, 15) is 4.79 Å². The molecule has 0 unspecified atom stereocenters. The lowest BCUT2D eigenvalue weighted by Crippen LogP contribution is -2.04. The molecule has 1 aromatic rings. The molecular formula is C13H16O3. The van der Waals surface area contributed by atoms with Crippen molar-refractivity contribution in [2.24, 2.45) is 5.92 Å². The third kappa shape index (κ3) is 2.54. The summed E-state index contributed by atoms with van der Waals surface area (Å²) in [6.45, 7) is 2.25. The number of carbonyl (C=O) groups is 1. The van der Waals surface area contributed by atoms with E-state index in [1.807, 2.05) is 0 Å². The number of benzene rings is 1. The van der Waals surface area contributed by atoms with Crippen molar-refractivity contribution >= 4 is 5.78 Å². The van der Waals surface area contributed by atoms with Crippen molar-refractivity contribution in [3.63, 3.8) is 0 Å². The van der Waals surface area contributed by atoms with Gasteiger partial charge in [0, 0.05) is 6.07 Å². The Morgan fingerprint density at radius 1 is 1.44 bits per heavy atom.